The second-order valence-corrected chi connectivity index (χ2v) is 5.17. The van der Waals surface area contributed by atoms with Gasteiger partial charge in [0.15, 0.2) is 0 Å². The van der Waals surface area contributed by atoms with Crippen LogP contribution in [0.1, 0.15) is 28.3 Å². The Morgan fingerprint density at radius 2 is 1.75 bits per heavy atom. The van der Waals surface area contributed by atoms with Crippen LogP contribution in [0.2, 0.25) is 0 Å². The van der Waals surface area contributed by atoms with E-state index >= 15 is 0 Å². The number of ether oxygens (including phenoxy) is 1. The third-order valence-corrected chi connectivity index (χ3v) is 3.52. The SMILES string of the molecule is Cc1ccc(C(N)COc2ccc(F)c(C)c2)cc1C. The van der Waals surface area contributed by atoms with Crippen LogP contribution in [0.25, 0.3) is 0 Å². The predicted octanol–water partition coefficient (Wildman–Crippen LogP) is 3.83. The van der Waals surface area contributed by atoms with Crippen LogP contribution >= 0.6 is 0 Å². The number of aryl methyl sites for hydroxylation is 3. The maximum Gasteiger partial charge on any atom is 0.126 e. The van der Waals surface area contributed by atoms with Gasteiger partial charge in [0.05, 0.1) is 6.04 Å². The molecule has 0 saturated carbocycles. The Morgan fingerprint density at radius 3 is 2.40 bits per heavy atom. The van der Waals surface area contributed by atoms with E-state index in [9.17, 15) is 4.39 Å². The second kappa shape index (κ2) is 6.06. The first-order chi connectivity index (χ1) is 9.47. The van der Waals surface area contributed by atoms with E-state index in [-0.39, 0.29) is 11.9 Å². The Labute approximate surface area is 119 Å². The van der Waals surface area contributed by atoms with Gasteiger partial charge in [-0.2, -0.15) is 0 Å². The van der Waals surface area contributed by atoms with Gasteiger partial charge in [0.2, 0.25) is 0 Å². The third-order valence-electron chi connectivity index (χ3n) is 3.52. The molecule has 0 saturated heterocycles. The molecule has 0 aliphatic rings. The van der Waals surface area contributed by atoms with E-state index < -0.39 is 0 Å². The zero-order valence-corrected chi connectivity index (χ0v) is 12.1. The van der Waals surface area contributed by atoms with E-state index in [0.29, 0.717) is 17.9 Å². The molecule has 2 aromatic rings. The van der Waals surface area contributed by atoms with Gasteiger partial charge in [-0.25, -0.2) is 4.39 Å². The topological polar surface area (TPSA) is 35.2 Å². The summed E-state index contributed by atoms with van der Waals surface area (Å²) in [6.07, 6.45) is 0. The number of rotatable bonds is 4. The van der Waals surface area contributed by atoms with Crippen LogP contribution in [0.15, 0.2) is 36.4 Å². The molecule has 2 aromatic carbocycles. The molecule has 1 unspecified atom stereocenters. The van der Waals surface area contributed by atoms with Crippen molar-refractivity contribution in [2.45, 2.75) is 26.8 Å². The lowest BCUT2D eigenvalue weighted by atomic mass is 10.0. The fraction of sp³-hybridized carbons (Fsp3) is 0.294. The summed E-state index contributed by atoms with van der Waals surface area (Å²) in [5, 5.41) is 0. The molecule has 0 bridgehead atoms. The largest absolute Gasteiger partial charge is 0.492 e. The third kappa shape index (κ3) is 3.36. The Morgan fingerprint density at radius 1 is 1.00 bits per heavy atom. The van der Waals surface area contributed by atoms with Gasteiger partial charge >= 0.3 is 0 Å². The monoisotopic (exact) mass is 273 g/mol. The number of hydrogen-bond acceptors (Lipinski definition) is 2. The summed E-state index contributed by atoms with van der Waals surface area (Å²) in [5.74, 6) is 0.416. The summed E-state index contributed by atoms with van der Waals surface area (Å²) >= 11 is 0. The van der Waals surface area contributed by atoms with Crippen molar-refractivity contribution in [1.29, 1.82) is 0 Å². The molecule has 0 spiro atoms. The normalized spacial score (nSPS) is 12.2. The van der Waals surface area contributed by atoms with Crippen LogP contribution in [-0.2, 0) is 0 Å². The second-order valence-electron chi connectivity index (χ2n) is 5.17. The van der Waals surface area contributed by atoms with Crippen molar-refractivity contribution in [2.75, 3.05) is 6.61 Å². The van der Waals surface area contributed by atoms with Gasteiger partial charge in [-0.3, -0.25) is 0 Å². The predicted molar refractivity (Wildman–Crippen MR) is 79.5 cm³/mol. The molecule has 0 radical (unpaired) electrons. The van der Waals surface area contributed by atoms with E-state index in [2.05, 4.69) is 26.0 Å². The van der Waals surface area contributed by atoms with Crippen LogP contribution in [0.3, 0.4) is 0 Å². The standard InChI is InChI=1S/C17H20FNO/c1-11-4-5-14(8-12(11)2)17(19)10-20-15-6-7-16(18)13(3)9-15/h4-9,17H,10,19H2,1-3H3. The maximum absolute atomic E-state index is 13.2. The van der Waals surface area contributed by atoms with Crippen LogP contribution in [0.5, 0.6) is 5.75 Å². The molecule has 0 fully saturated rings. The fourth-order valence-corrected chi connectivity index (χ4v) is 1.98. The van der Waals surface area contributed by atoms with Gasteiger partial charge in [-0.1, -0.05) is 18.2 Å². The lowest BCUT2D eigenvalue weighted by Gasteiger charge is -2.15. The summed E-state index contributed by atoms with van der Waals surface area (Å²) in [7, 11) is 0. The van der Waals surface area contributed by atoms with Crippen LogP contribution in [-0.4, -0.2) is 6.61 Å². The molecule has 2 N–H and O–H groups in total. The molecule has 20 heavy (non-hydrogen) atoms. The highest BCUT2D eigenvalue weighted by molar-refractivity contribution is 5.32. The van der Waals surface area contributed by atoms with Gasteiger partial charge in [0.25, 0.3) is 0 Å². The number of nitrogens with two attached hydrogens (primary N) is 1. The van der Waals surface area contributed by atoms with E-state index in [0.717, 1.165) is 5.56 Å². The van der Waals surface area contributed by atoms with E-state index in [4.69, 9.17) is 10.5 Å². The Bertz CT molecular complexity index is 610. The highest BCUT2D eigenvalue weighted by Crippen LogP contribution is 2.19. The van der Waals surface area contributed by atoms with Crippen molar-refractivity contribution >= 4 is 0 Å². The highest BCUT2D eigenvalue weighted by atomic mass is 19.1. The minimum atomic E-state index is -0.226. The molecule has 3 heteroatoms. The van der Waals surface area contributed by atoms with Crippen molar-refractivity contribution in [2.24, 2.45) is 5.73 Å². The zero-order chi connectivity index (χ0) is 14.7. The molecule has 2 rings (SSSR count). The molecule has 0 aliphatic carbocycles. The molecule has 106 valence electrons. The fourth-order valence-electron chi connectivity index (χ4n) is 1.98. The molecular weight excluding hydrogens is 253 g/mol. The minimum Gasteiger partial charge on any atom is -0.492 e. The number of halogens is 1. The van der Waals surface area contributed by atoms with Gasteiger partial charge in [-0.15, -0.1) is 0 Å². The highest BCUT2D eigenvalue weighted by Gasteiger charge is 2.08. The Hall–Kier alpha value is -1.87. The van der Waals surface area contributed by atoms with Crippen LogP contribution < -0.4 is 10.5 Å². The van der Waals surface area contributed by atoms with Gasteiger partial charge in [-0.05, 0) is 61.2 Å². The zero-order valence-electron chi connectivity index (χ0n) is 12.1. The van der Waals surface area contributed by atoms with Crippen LogP contribution in [0, 0.1) is 26.6 Å². The summed E-state index contributed by atoms with van der Waals surface area (Å²) in [5.41, 5.74) is 10.2. The summed E-state index contributed by atoms with van der Waals surface area (Å²) in [4.78, 5) is 0. The lowest BCUT2D eigenvalue weighted by Crippen LogP contribution is -2.19. The average molecular weight is 273 g/mol. The minimum absolute atomic E-state index is 0.195. The number of benzene rings is 2. The molecule has 0 amide bonds. The quantitative estimate of drug-likeness (QED) is 0.918. The Balaban J connectivity index is 2.02. The summed E-state index contributed by atoms with van der Waals surface area (Å²) < 4.78 is 18.8. The lowest BCUT2D eigenvalue weighted by molar-refractivity contribution is 0.290. The van der Waals surface area contributed by atoms with E-state index in [1.54, 1.807) is 19.1 Å². The van der Waals surface area contributed by atoms with Gasteiger partial charge in [0, 0.05) is 0 Å². The first kappa shape index (κ1) is 14.5. The van der Waals surface area contributed by atoms with Gasteiger partial charge < -0.3 is 10.5 Å². The van der Waals surface area contributed by atoms with Gasteiger partial charge in [0.1, 0.15) is 18.2 Å². The number of hydrogen-bond donors (Lipinski definition) is 1. The molecule has 0 heterocycles. The molecule has 1 atom stereocenters. The average Bonchev–Trinajstić information content (AvgIpc) is 2.43. The first-order valence-corrected chi connectivity index (χ1v) is 6.69. The molecule has 0 aliphatic heterocycles. The molecule has 2 nitrogen and oxygen atoms in total. The van der Waals surface area contributed by atoms with Crippen molar-refractivity contribution in [3.63, 3.8) is 0 Å². The molecular formula is C17H20FNO. The first-order valence-electron chi connectivity index (χ1n) is 6.69. The van der Waals surface area contributed by atoms with E-state index in [1.807, 2.05) is 6.07 Å². The van der Waals surface area contributed by atoms with Crippen molar-refractivity contribution in [3.05, 3.63) is 64.5 Å². The summed E-state index contributed by atoms with van der Waals surface area (Å²) in [6, 6.07) is 10.7. The smallest absolute Gasteiger partial charge is 0.126 e. The van der Waals surface area contributed by atoms with Crippen molar-refractivity contribution in [3.8, 4) is 5.75 Å². The molecule has 0 aromatic heterocycles. The van der Waals surface area contributed by atoms with E-state index in [1.165, 1.54) is 17.2 Å². The summed E-state index contributed by atoms with van der Waals surface area (Å²) in [6.45, 7) is 6.22. The Kier molecular flexibility index (Phi) is 4.40. The van der Waals surface area contributed by atoms with Crippen molar-refractivity contribution in [1.82, 2.24) is 0 Å². The van der Waals surface area contributed by atoms with Crippen LogP contribution in [0.4, 0.5) is 4.39 Å². The van der Waals surface area contributed by atoms with Crippen molar-refractivity contribution < 1.29 is 9.13 Å². The maximum atomic E-state index is 13.2.